The number of aryl methyl sites for hydroxylation is 1. The first-order valence-corrected chi connectivity index (χ1v) is 8.03. The van der Waals surface area contributed by atoms with Crippen molar-refractivity contribution in [3.8, 4) is 11.5 Å². The number of aromatic nitrogens is 2. The van der Waals surface area contributed by atoms with E-state index in [1.54, 1.807) is 36.4 Å². The Labute approximate surface area is 146 Å². The number of nitrogens with zero attached hydrogens (tertiary/aromatic N) is 3. The van der Waals surface area contributed by atoms with Crippen molar-refractivity contribution >= 4 is 23.0 Å². The third-order valence-electron chi connectivity index (χ3n) is 3.68. The van der Waals surface area contributed by atoms with Gasteiger partial charge < -0.3 is 20.4 Å². The van der Waals surface area contributed by atoms with E-state index in [0.29, 0.717) is 18.2 Å². The van der Waals surface area contributed by atoms with Gasteiger partial charge in [0.05, 0.1) is 0 Å². The molecular weight excluding hydrogens is 316 g/mol. The fourth-order valence-electron chi connectivity index (χ4n) is 2.62. The molecule has 6 heteroatoms. The van der Waals surface area contributed by atoms with E-state index in [9.17, 15) is 10.2 Å². The summed E-state index contributed by atoms with van der Waals surface area (Å²) in [5.41, 5.74) is 1.59. The maximum atomic E-state index is 9.74. The summed E-state index contributed by atoms with van der Waals surface area (Å²) in [6, 6.07) is 15.7. The summed E-state index contributed by atoms with van der Waals surface area (Å²) in [4.78, 5) is 10.9. The zero-order valence-electron chi connectivity index (χ0n) is 14.1. The number of anilines is 4. The van der Waals surface area contributed by atoms with Crippen LogP contribution in [0.4, 0.5) is 23.0 Å². The summed E-state index contributed by atoms with van der Waals surface area (Å²) < 4.78 is 0. The molecule has 0 spiro atoms. The van der Waals surface area contributed by atoms with Crippen molar-refractivity contribution in [2.45, 2.75) is 13.8 Å². The molecule has 0 radical (unpaired) electrons. The van der Waals surface area contributed by atoms with Crippen molar-refractivity contribution in [2.24, 2.45) is 0 Å². The third-order valence-corrected chi connectivity index (χ3v) is 3.68. The van der Waals surface area contributed by atoms with Crippen molar-refractivity contribution in [2.75, 3.05) is 16.8 Å². The summed E-state index contributed by atoms with van der Waals surface area (Å²) in [7, 11) is 0. The molecule has 0 unspecified atom stereocenters. The second kappa shape index (κ2) is 7.09. The molecule has 128 valence electrons. The number of hydrogen-bond acceptors (Lipinski definition) is 6. The van der Waals surface area contributed by atoms with Gasteiger partial charge in [-0.2, -0.15) is 0 Å². The molecule has 3 aromatic rings. The summed E-state index contributed by atoms with van der Waals surface area (Å²) in [6.45, 7) is 4.53. The minimum absolute atomic E-state index is 0.186. The van der Waals surface area contributed by atoms with E-state index in [2.05, 4.69) is 15.3 Å². The Hall–Kier alpha value is -3.28. The molecule has 25 heavy (non-hydrogen) atoms. The number of hydrogen-bond donors (Lipinski definition) is 3. The number of phenolic OH excluding ortho intramolecular Hbond substituents is 2. The molecule has 0 aliphatic rings. The first kappa shape index (κ1) is 16.6. The van der Waals surface area contributed by atoms with Gasteiger partial charge in [0.15, 0.2) is 0 Å². The van der Waals surface area contributed by atoms with Crippen LogP contribution in [0.3, 0.4) is 0 Å². The SMILES string of the molecule is CCN(c1cccc(O)c1)c1cc(Nc2cccc(O)c2)nc(C)n1. The lowest BCUT2D eigenvalue weighted by atomic mass is 10.2. The van der Waals surface area contributed by atoms with Gasteiger partial charge in [-0.1, -0.05) is 12.1 Å². The lowest BCUT2D eigenvalue weighted by Crippen LogP contribution is -2.18. The van der Waals surface area contributed by atoms with Gasteiger partial charge in [-0.15, -0.1) is 0 Å². The quantitative estimate of drug-likeness (QED) is 0.651. The van der Waals surface area contributed by atoms with E-state index < -0.39 is 0 Å². The molecule has 0 saturated heterocycles. The Morgan fingerprint density at radius 2 is 1.68 bits per heavy atom. The predicted molar refractivity (Wildman–Crippen MR) is 98.9 cm³/mol. The lowest BCUT2D eigenvalue weighted by Gasteiger charge is -2.23. The lowest BCUT2D eigenvalue weighted by molar-refractivity contribution is 0.475. The van der Waals surface area contributed by atoms with E-state index in [4.69, 9.17) is 0 Å². The second-order valence-electron chi connectivity index (χ2n) is 5.60. The summed E-state index contributed by atoms with van der Waals surface area (Å²) >= 11 is 0. The van der Waals surface area contributed by atoms with Crippen LogP contribution in [0.15, 0.2) is 54.6 Å². The molecule has 2 aromatic carbocycles. The molecule has 3 N–H and O–H groups in total. The van der Waals surface area contributed by atoms with Gasteiger partial charge in [0.2, 0.25) is 0 Å². The molecule has 0 aliphatic heterocycles. The summed E-state index contributed by atoms with van der Waals surface area (Å²) in [5, 5.41) is 22.5. The van der Waals surface area contributed by atoms with E-state index in [1.165, 1.54) is 0 Å². The van der Waals surface area contributed by atoms with Crippen LogP contribution >= 0.6 is 0 Å². The molecule has 0 amide bonds. The Bertz CT molecular complexity index is 883. The molecule has 0 saturated carbocycles. The van der Waals surface area contributed by atoms with Gasteiger partial charge in [0.1, 0.15) is 29.0 Å². The monoisotopic (exact) mass is 336 g/mol. The van der Waals surface area contributed by atoms with Gasteiger partial charge in [0.25, 0.3) is 0 Å². The molecule has 6 nitrogen and oxygen atoms in total. The fourth-order valence-corrected chi connectivity index (χ4v) is 2.62. The standard InChI is InChI=1S/C19H20N4O2/c1-3-23(15-7-5-9-17(25)11-15)19-12-18(20-13(2)21-19)22-14-6-4-8-16(24)10-14/h4-12,24-25H,3H2,1-2H3,(H,20,21,22). The van der Waals surface area contributed by atoms with Crippen LogP contribution in [-0.2, 0) is 0 Å². The highest BCUT2D eigenvalue weighted by atomic mass is 16.3. The normalized spacial score (nSPS) is 10.5. The van der Waals surface area contributed by atoms with Crippen molar-refractivity contribution in [3.63, 3.8) is 0 Å². The van der Waals surface area contributed by atoms with Gasteiger partial charge in [-0.3, -0.25) is 0 Å². The molecular formula is C19H20N4O2. The number of nitrogens with one attached hydrogen (secondary N) is 1. The molecule has 0 fully saturated rings. The van der Waals surface area contributed by atoms with Crippen LogP contribution in [0, 0.1) is 6.92 Å². The minimum Gasteiger partial charge on any atom is -0.508 e. The molecule has 0 bridgehead atoms. The number of aromatic hydroxyl groups is 2. The first-order valence-electron chi connectivity index (χ1n) is 8.03. The Morgan fingerprint density at radius 3 is 2.36 bits per heavy atom. The van der Waals surface area contributed by atoms with E-state index in [0.717, 1.165) is 17.2 Å². The van der Waals surface area contributed by atoms with Crippen LogP contribution in [0.1, 0.15) is 12.7 Å². The van der Waals surface area contributed by atoms with Gasteiger partial charge >= 0.3 is 0 Å². The molecule has 3 rings (SSSR count). The average molecular weight is 336 g/mol. The Kier molecular flexibility index (Phi) is 4.70. The van der Waals surface area contributed by atoms with Crippen LogP contribution in [0.25, 0.3) is 0 Å². The van der Waals surface area contributed by atoms with Crippen LogP contribution in [-0.4, -0.2) is 26.7 Å². The number of rotatable bonds is 5. The van der Waals surface area contributed by atoms with E-state index in [1.807, 2.05) is 36.9 Å². The van der Waals surface area contributed by atoms with Crippen molar-refractivity contribution < 1.29 is 10.2 Å². The van der Waals surface area contributed by atoms with Crippen molar-refractivity contribution in [3.05, 3.63) is 60.4 Å². The van der Waals surface area contributed by atoms with Gasteiger partial charge in [-0.25, -0.2) is 9.97 Å². The zero-order valence-corrected chi connectivity index (χ0v) is 14.1. The van der Waals surface area contributed by atoms with Gasteiger partial charge in [-0.05, 0) is 38.1 Å². The highest BCUT2D eigenvalue weighted by Gasteiger charge is 2.12. The molecule has 1 aromatic heterocycles. The second-order valence-corrected chi connectivity index (χ2v) is 5.60. The third kappa shape index (κ3) is 3.98. The smallest absolute Gasteiger partial charge is 0.138 e. The van der Waals surface area contributed by atoms with E-state index >= 15 is 0 Å². The summed E-state index contributed by atoms with van der Waals surface area (Å²) in [6.07, 6.45) is 0. The first-order chi connectivity index (χ1) is 12.0. The zero-order chi connectivity index (χ0) is 17.8. The highest BCUT2D eigenvalue weighted by molar-refractivity contribution is 5.66. The predicted octanol–water partition coefficient (Wildman–Crippen LogP) is 4.10. The average Bonchev–Trinajstić information content (AvgIpc) is 2.55. The van der Waals surface area contributed by atoms with Crippen LogP contribution < -0.4 is 10.2 Å². The van der Waals surface area contributed by atoms with E-state index in [-0.39, 0.29) is 11.5 Å². The highest BCUT2D eigenvalue weighted by Crippen LogP contribution is 2.28. The molecule has 0 aliphatic carbocycles. The topological polar surface area (TPSA) is 81.5 Å². The fraction of sp³-hybridized carbons (Fsp3) is 0.158. The largest absolute Gasteiger partial charge is 0.508 e. The minimum atomic E-state index is 0.186. The number of phenols is 2. The van der Waals surface area contributed by atoms with Crippen LogP contribution in [0.5, 0.6) is 11.5 Å². The Morgan fingerprint density at radius 1 is 0.960 bits per heavy atom. The van der Waals surface area contributed by atoms with Gasteiger partial charge in [0, 0.05) is 36.1 Å². The molecule has 0 atom stereocenters. The Balaban J connectivity index is 1.95. The van der Waals surface area contributed by atoms with Crippen molar-refractivity contribution in [1.82, 2.24) is 9.97 Å². The maximum Gasteiger partial charge on any atom is 0.138 e. The maximum absolute atomic E-state index is 9.74. The van der Waals surface area contributed by atoms with Crippen LogP contribution in [0.2, 0.25) is 0 Å². The summed E-state index contributed by atoms with van der Waals surface area (Å²) in [5.74, 6) is 2.37. The number of benzene rings is 2. The molecule has 1 heterocycles. The van der Waals surface area contributed by atoms with Crippen molar-refractivity contribution in [1.29, 1.82) is 0 Å².